The molecule has 0 saturated heterocycles. The Balaban J connectivity index is 1.79. The van der Waals surface area contributed by atoms with Crippen molar-refractivity contribution in [2.24, 2.45) is 0 Å². The standard InChI is InChI=1S/C28H24BrFN2O5/c1-3-35-25-15-19(14-24(29)26(25)37-17-18-6-5-7-22(30)13-18)12-21(16-31)27(33)32-23-10-8-20(9-11-23)28(34)36-4-2/h5-15H,3-4,17H2,1-2H3,(H,32,33)/b21-12+. The molecule has 3 aromatic rings. The summed E-state index contributed by atoms with van der Waals surface area (Å²) in [5.74, 6) is -0.633. The third kappa shape index (κ3) is 7.66. The maximum Gasteiger partial charge on any atom is 0.338 e. The van der Waals surface area contributed by atoms with E-state index >= 15 is 0 Å². The van der Waals surface area contributed by atoms with Crippen molar-refractivity contribution in [1.29, 1.82) is 5.26 Å². The number of hydrogen-bond acceptors (Lipinski definition) is 6. The summed E-state index contributed by atoms with van der Waals surface area (Å²) in [4.78, 5) is 24.5. The molecule has 1 amide bonds. The lowest BCUT2D eigenvalue weighted by atomic mass is 10.1. The molecule has 0 aromatic heterocycles. The van der Waals surface area contributed by atoms with Gasteiger partial charge in [0.25, 0.3) is 5.91 Å². The Bertz CT molecular complexity index is 1350. The number of benzene rings is 3. The van der Waals surface area contributed by atoms with Crippen LogP contribution in [0.15, 0.2) is 70.7 Å². The SMILES string of the molecule is CCOC(=O)c1ccc(NC(=O)/C(C#N)=C/c2cc(Br)c(OCc3cccc(F)c3)c(OCC)c2)cc1. The molecular formula is C28H24BrFN2O5. The fourth-order valence-corrected chi connectivity index (χ4v) is 3.85. The van der Waals surface area contributed by atoms with Crippen LogP contribution in [-0.4, -0.2) is 25.1 Å². The van der Waals surface area contributed by atoms with Gasteiger partial charge in [-0.2, -0.15) is 5.26 Å². The van der Waals surface area contributed by atoms with E-state index in [1.807, 2.05) is 13.0 Å². The van der Waals surface area contributed by atoms with Crippen LogP contribution in [0.5, 0.6) is 11.5 Å². The minimum absolute atomic E-state index is 0.117. The third-order valence-corrected chi connectivity index (χ3v) is 5.52. The molecule has 0 radical (unpaired) electrons. The summed E-state index contributed by atoms with van der Waals surface area (Å²) in [7, 11) is 0. The second-order valence-corrected chi connectivity index (χ2v) is 8.46. The van der Waals surface area contributed by atoms with Crippen molar-refractivity contribution >= 4 is 39.6 Å². The predicted octanol–water partition coefficient (Wildman–Crippen LogP) is 6.29. The summed E-state index contributed by atoms with van der Waals surface area (Å²) in [5, 5.41) is 12.2. The Labute approximate surface area is 222 Å². The van der Waals surface area contributed by atoms with Crippen LogP contribution in [0.25, 0.3) is 6.08 Å². The molecule has 0 aliphatic heterocycles. The smallest absolute Gasteiger partial charge is 0.338 e. The number of carbonyl (C=O) groups excluding carboxylic acids is 2. The summed E-state index contributed by atoms with van der Waals surface area (Å²) in [6, 6.07) is 17.5. The second-order valence-electron chi connectivity index (χ2n) is 7.60. The summed E-state index contributed by atoms with van der Waals surface area (Å²) >= 11 is 3.46. The first-order chi connectivity index (χ1) is 17.8. The lowest BCUT2D eigenvalue weighted by Crippen LogP contribution is -2.13. The molecule has 0 unspecified atom stereocenters. The van der Waals surface area contributed by atoms with E-state index in [1.165, 1.54) is 30.3 Å². The Kier molecular flexibility index (Phi) is 9.81. The van der Waals surface area contributed by atoms with Gasteiger partial charge in [-0.25, -0.2) is 9.18 Å². The lowest BCUT2D eigenvalue weighted by molar-refractivity contribution is -0.112. The predicted molar refractivity (Wildman–Crippen MR) is 141 cm³/mol. The summed E-state index contributed by atoms with van der Waals surface area (Å²) in [6.07, 6.45) is 1.42. The van der Waals surface area contributed by atoms with Gasteiger partial charge < -0.3 is 19.5 Å². The van der Waals surface area contributed by atoms with E-state index in [4.69, 9.17) is 14.2 Å². The summed E-state index contributed by atoms with van der Waals surface area (Å²) in [6.45, 7) is 4.25. The van der Waals surface area contributed by atoms with Crippen LogP contribution in [0.4, 0.5) is 10.1 Å². The van der Waals surface area contributed by atoms with Crippen molar-refractivity contribution in [2.75, 3.05) is 18.5 Å². The largest absolute Gasteiger partial charge is 0.490 e. The number of ether oxygens (including phenoxy) is 3. The van der Waals surface area contributed by atoms with Crippen LogP contribution < -0.4 is 14.8 Å². The van der Waals surface area contributed by atoms with E-state index in [0.717, 1.165) is 0 Å². The normalized spacial score (nSPS) is 10.8. The number of halogens is 2. The average molecular weight is 567 g/mol. The number of anilines is 1. The van der Waals surface area contributed by atoms with E-state index in [9.17, 15) is 19.2 Å². The van der Waals surface area contributed by atoms with Gasteiger partial charge in [0.15, 0.2) is 11.5 Å². The monoisotopic (exact) mass is 566 g/mol. The van der Waals surface area contributed by atoms with Gasteiger partial charge in [0.1, 0.15) is 24.1 Å². The van der Waals surface area contributed by atoms with Gasteiger partial charge in [0, 0.05) is 5.69 Å². The van der Waals surface area contributed by atoms with Crippen molar-refractivity contribution in [1.82, 2.24) is 0 Å². The number of carbonyl (C=O) groups is 2. The number of nitriles is 1. The highest BCUT2D eigenvalue weighted by molar-refractivity contribution is 9.10. The van der Waals surface area contributed by atoms with Gasteiger partial charge >= 0.3 is 5.97 Å². The molecule has 0 saturated carbocycles. The van der Waals surface area contributed by atoms with Crippen molar-refractivity contribution in [3.63, 3.8) is 0 Å². The van der Waals surface area contributed by atoms with Crippen LogP contribution in [0, 0.1) is 17.1 Å². The first kappa shape index (κ1) is 27.4. The minimum atomic E-state index is -0.619. The molecule has 7 nitrogen and oxygen atoms in total. The quantitative estimate of drug-likeness (QED) is 0.176. The van der Waals surface area contributed by atoms with Crippen molar-refractivity contribution < 1.29 is 28.2 Å². The van der Waals surface area contributed by atoms with E-state index in [0.29, 0.717) is 45.0 Å². The van der Waals surface area contributed by atoms with Gasteiger partial charge in [-0.1, -0.05) is 12.1 Å². The molecule has 0 aliphatic carbocycles. The first-order valence-corrected chi connectivity index (χ1v) is 12.2. The van der Waals surface area contributed by atoms with E-state index in [2.05, 4.69) is 21.2 Å². The Morgan fingerprint density at radius 2 is 1.81 bits per heavy atom. The molecule has 0 atom stereocenters. The maximum absolute atomic E-state index is 13.5. The molecule has 0 aliphatic rings. The Hall–Kier alpha value is -4.16. The third-order valence-electron chi connectivity index (χ3n) is 4.93. The minimum Gasteiger partial charge on any atom is -0.490 e. The number of rotatable bonds is 10. The van der Waals surface area contributed by atoms with Crippen molar-refractivity contribution in [3.8, 4) is 17.6 Å². The van der Waals surface area contributed by atoms with Crippen LogP contribution in [0.2, 0.25) is 0 Å². The van der Waals surface area contributed by atoms with Crippen molar-refractivity contribution in [3.05, 3.63) is 93.2 Å². The molecule has 1 N–H and O–H groups in total. The second kappa shape index (κ2) is 13.2. The molecule has 190 valence electrons. The number of nitrogens with zero attached hydrogens (tertiary/aromatic N) is 1. The number of amides is 1. The van der Waals surface area contributed by atoms with E-state index in [-0.39, 0.29) is 24.6 Å². The molecule has 0 bridgehead atoms. The molecular weight excluding hydrogens is 543 g/mol. The topological polar surface area (TPSA) is 97.7 Å². The molecule has 3 aromatic carbocycles. The van der Waals surface area contributed by atoms with Gasteiger partial charge in [-0.15, -0.1) is 0 Å². The zero-order valence-electron chi connectivity index (χ0n) is 20.2. The number of nitrogens with one attached hydrogen (secondary N) is 1. The average Bonchev–Trinajstić information content (AvgIpc) is 2.87. The Morgan fingerprint density at radius 3 is 2.46 bits per heavy atom. The fourth-order valence-electron chi connectivity index (χ4n) is 3.27. The molecule has 9 heteroatoms. The van der Waals surface area contributed by atoms with Gasteiger partial charge in [-0.05, 0) is 95.5 Å². The Morgan fingerprint density at radius 1 is 1.05 bits per heavy atom. The highest BCUT2D eigenvalue weighted by Gasteiger charge is 2.15. The molecule has 0 spiro atoms. The van der Waals surface area contributed by atoms with Crippen LogP contribution in [0.1, 0.15) is 35.3 Å². The number of esters is 1. The summed E-state index contributed by atoms with van der Waals surface area (Å²) < 4.78 is 30.6. The first-order valence-electron chi connectivity index (χ1n) is 11.4. The van der Waals surface area contributed by atoms with Gasteiger partial charge in [0.2, 0.25) is 0 Å². The highest BCUT2D eigenvalue weighted by atomic mass is 79.9. The fraction of sp³-hybridized carbons (Fsp3) is 0.179. The van der Waals surface area contributed by atoms with E-state index in [1.54, 1.807) is 43.3 Å². The molecule has 37 heavy (non-hydrogen) atoms. The zero-order valence-corrected chi connectivity index (χ0v) is 21.8. The molecule has 3 rings (SSSR count). The van der Waals surface area contributed by atoms with Crippen LogP contribution in [0.3, 0.4) is 0 Å². The highest BCUT2D eigenvalue weighted by Crippen LogP contribution is 2.38. The van der Waals surface area contributed by atoms with Gasteiger partial charge in [-0.3, -0.25) is 4.79 Å². The molecule has 0 heterocycles. The lowest BCUT2D eigenvalue weighted by Gasteiger charge is -2.15. The van der Waals surface area contributed by atoms with E-state index < -0.39 is 11.9 Å². The van der Waals surface area contributed by atoms with Crippen molar-refractivity contribution in [2.45, 2.75) is 20.5 Å². The zero-order chi connectivity index (χ0) is 26.8. The number of hydrogen-bond donors (Lipinski definition) is 1. The van der Waals surface area contributed by atoms with Crippen LogP contribution in [-0.2, 0) is 16.1 Å². The van der Waals surface area contributed by atoms with Crippen LogP contribution >= 0.6 is 15.9 Å². The molecule has 0 fully saturated rings. The van der Waals surface area contributed by atoms with Gasteiger partial charge in [0.05, 0.1) is 23.2 Å². The maximum atomic E-state index is 13.5. The summed E-state index contributed by atoms with van der Waals surface area (Å²) in [5.41, 5.74) is 1.80.